The highest BCUT2D eigenvalue weighted by atomic mass is 16.3. The fraction of sp³-hybridized carbons (Fsp3) is 0.500. The number of aliphatic hydroxyl groups excluding tert-OH is 1. The Balaban J connectivity index is 1.82. The fourth-order valence-electron chi connectivity index (χ4n) is 3.12. The molecule has 1 aromatic heterocycles. The second-order valence-corrected chi connectivity index (χ2v) is 5.59. The number of aliphatic hydroxyl groups is 1. The number of nitrogens with zero attached hydrogens (tertiary/aromatic N) is 2. The predicted octanol–water partition coefficient (Wildman–Crippen LogP) is 2.70. The zero-order valence-corrected chi connectivity index (χ0v) is 11.5. The third kappa shape index (κ3) is 2.53. The molecule has 2 aromatic rings. The summed E-state index contributed by atoms with van der Waals surface area (Å²) in [5, 5.41) is 11.7. The molecule has 0 amide bonds. The van der Waals surface area contributed by atoms with E-state index in [1.807, 2.05) is 19.2 Å². The van der Waals surface area contributed by atoms with E-state index < -0.39 is 0 Å². The molecular weight excluding hydrogens is 236 g/mol. The number of piperidine rings is 1. The van der Waals surface area contributed by atoms with Crippen molar-refractivity contribution in [2.24, 2.45) is 7.05 Å². The van der Waals surface area contributed by atoms with Crippen molar-refractivity contribution in [1.82, 2.24) is 9.47 Å². The van der Waals surface area contributed by atoms with Crippen molar-refractivity contribution in [1.29, 1.82) is 0 Å². The maximum absolute atomic E-state index is 10.5. The van der Waals surface area contributed by atoms with E-state index in [9.17, 15) is 5.11 Å². The number of likely N-dealkylation sites (tertiary alicyclic amines) is 1. The van der Waals surface area contributed by atoms with Crippen molar-refractivity contribution in [3.05, 3.63) is 36.0 Å². The molecule has 0 bridgehead atoms. The predicted molar refractivity (Wildman–Crippen MR) is 78.2 cm³/mol. The Hall–Kier alpha value is -1.32. The summed E-state index contributed by atoms with van der Waals surface area (Å²) in [5.41, 5.74) is 2.25. The van der Waals surface area contributed by atoms with Crippen LogP contribution < -0.4 is 0 Å². The van der Waals surface area contributed by atoms with Gasteiger partial charge >= 0.3 is 0 Å². The van der Waals surface area contributed by atoms with Crippen LogP contribution in [0.2, 0.25) is 0 Å². The molecule has 1 aliphatic heterocycles. The molecule has 0 saturated carbocycles. The van der Waals surface area contributed by atoms with Crippen LogP contribution in [0.3, 0.4) is 0 Å². The van der Waals surface area contributed by atoms with Crippen molar-refractivity contribution >= 4 is 10.9 Å². The van der Waals surface area contributed by atoms with Gasteiger partial charge in [0, 0.05) is 36.3 Å². The Kier molecular flexibility index (Phi) is 3.58. The quantitative estimate of drug-likeness (QED) is 0.917. The van der Waals surface area contributed by atoms with Crippen LogP contribution in [0.25, 0.3) is 10.9 Å². The molecular formula is C16H22N2O. The van der Waals surface area contributed by atoms with E-state index in [4.69, 9.17) is 0 Å². The normalized spacial score (nSPS) is 18.8. The van der Waals surface area contributed by atoms with Gasteiger partial charge in [-0.15, -0.1) is 0 Å². The molecule has 0 unspecified atom stereocenters. The number of hydrogen-bond acceptors (Lipinski definition) is 2. The first kappa shape index (κ1) is 12.7. The molecule has 0 aliphatic carbocycles. The van der Waals surface area contributed by atoms with Gasteiger partial charge in [0.05, 0.1) is 6.10 Å². The van der Waals surface area contributed by atoms with Crippen molar-refractivity contribution in [2.45, 2.75) is 25.4 Å². The molecule has 19 heavy (non-hydrogen) atoms. The van der Waals surface area contributed by atoms with Crippen molar-refractivity contribution < 1.29 is 5.11 Å². The molecule has 1 atom stereocenters. The Morgan fingerprint density at radius 3 is 2.68 bits per heavy atom. The molecule has 3 heteroatoms. The van der Waals surface area contributed by atoms with E-state index in [0.717, 1.165) is 25.2 Å². The van der Waals surface area contributed by atoms with Crippen LogP contribution in [0.15, 0.2) is 30.5 Å². The van der Waals surface area contributed by atoms with Crippen LogP contribution in [0.1, 0.15) is 30.9 Å². The van der Waals surface area contributed by atoms with E-state index in [0.29, 0.717) is 0 Å². The lowest BCUT2D eigenvalue weighted by Crippen LogP contribution is -2.33. The Morgan fingerprint density at radius 2 is 1.89 bits per heavy atom. The van der Waals surface area contributed by atoms with E-state index in [1.165, 1.54) is 30.2 Å². The summed E-state index contributed by atoms with van der Waals surface area (Å²) in [6.07, 6.45) is 5.55. The van der Waals surface area contributed by atoms with E-state index in [1.54, 1.807) is 0 Å². The molecule has 3 nitrogen and oxygen atoms in total. The molecule has 102 valence electrons. The lowest BCUT2D eigenvalue weighted by molar-refractivity contribution is 0.102. The van der Waals surface area contributed by atoms with E-state index >= 15 is 0 Å². The number of aryl methyl sites for hydroxylation is 1. The molecule has 1 N–H and O–H groups in total. The average molecular weight is 258 g/mol. The van der Waals surface area contributed by atoms with Gasteiger partial charge < -0.3 is 14.6 Å². The number of fused-ring (bicyclic) bond motifs is 1. The smallest absolute Gasteiger partial charge is 0.0937 e. The van der Waals surface area contributed by atoms with Gasteiger partial charge in [0.2, 0.25) is 0 Å². The first-order chi connectivity index (χ1) is 9.25. The lowest BCUT2D eigenvalue weighted by atomic mass is 10.1. The average Bonchev–Trinajstić information content (AvgIpc) is 2.78. The highest BCUT2D eigenvalue weighted by molar-refractivity contribution is 5.84. The van der Waals surface area contributed by atoms with E-state index in [-0.39, 0.29) is 6.10 Å². The Labute approximate surface area is 114 Å². The van der Waals surface area contributed by atoms with Gasteiger partial charge in [0.25, 0.3) is 0 Å². The van der Waals surface area contributed by atoms with Crippen molar-refractivity contribution in [2.75, 3.05) is 19.6 Å². The Bertz CT molecular complexity index is 555. The summed E-state index contributed by atoms with van der Waals surface area (Å²) in [5.74, 6) is 0. The third-order valence-electron chi connectivity index (χ3n) is 4.17. The molecule has 0 radical (unpaired) electrons. The van der Waals surface area contributed by atoms with Crippen LogP contribution in [-0.2, 0) is 7.05 Å². The maximum atomic E-state index is 10.5. The zero-order valence-electron chi connectivity index (χ0n) is 11.5. The molecule has 2 heterocycles. The van der Waals surface area contributed by atoms with Gasteiger partial charge in [-0.1, -0.05) is 24.6 Å². The second kappa shape index (κ2) is 5.35. The van der Waals surface area contributed by atoms with Crippen LogP contribution in [-0.4, -0.2) is 34.2 Å². The number of benzene rings is 1. The van der Waals surface area contributed by atoms with Gasteiger partial charge in [0.15, 0.2) is 0 Å². The molecule has 1 saturated heterocycles. The molecule has 1 aromatic carbocycles. The fourth-order valence-corrected chi connectivity index (χ4v) is 3.12. The van der Waals surface area contributed by atoms with Gasteiger partial charge in [-0.25, -0.2) is 0 Å². The van der Waals surface area contributed by atoms with Crippen molar-refractivity contribution in [3.63, 3.8) is 0 Å². The lowest BCUT2D eigenvalue weighted by Gasteiger charge is -2.28. The SMILES string of the molecule is Cn1cc([C@@H](O)CN2CCCCC2)c2ccccc21. The van der Waals surface area contributed by atoms with Crippen LogP contribution in [0.4, 0.5) is 0 Å². The minimum absolute atomic E-state index is 0.385. The standard InChI is InChI=1S/C16H22N2O/c1-17-11-14(13-7-3-4-8-15(13)17)16(19)12-18-9-5-2-6-10-18/h3-4,7-8,11,16,19H,2,5-6,9-10,12H2,1H3/t16-/m0/s1. The highest BCUT2D eigenvalue weighted by Crippen LogP contribution is 2.27. The summed E-state index contributed by atoms with van der Waals surface area (Å²) < 4.78 is 2.10. The first-order valence-electron chi connectivity index (χ1n) is 7.20. The van der Waals surface area contributed by atoms with Gasteiger partial charge in [-0.3, -0.25) is 0 Å². The molecule has 3 rings (SSSR count). The van der Waals surface area contributed by atoms with Crippen LogP contribution >= 0.6 is 0 Å². The Morgan fingerprint density at radius 1 is 1.16 bits per heavy atom. The second-order valence-electron chi connectivity index (χ2n) is 5.59. The maximum Gasteiger partial charge on any atom is 0.0937 e. The zero-order chi connectivity index (χ0) is 13.2. The number of aromatic nitrogens is 1. The summed E-state index contributed by atoms with van der Waals surface area (Å²) in [7, 11) is 2.04. The summed E-state index contributed by atoms with van der Waals surface area (Å²) in [6.45, 7) is 3.01. The van der Waals surface area contributed by atoms with Crippen LogP contribution in [0, 0.1) is 0 Å². The van der Waals surface area contributed by atoms with Gasteiger partial charge in [0.1, 0.15) is 0 Å². The summed E-state index contributed by atoms with van der Waals surface area (Å²) >= 11 is 0. The third-order valence-corrected chi connectivity index (χ3v) is 4.17. The largest absolute Gasteiger partial charge is 0.387 e. The minimum Gasteiger partial charge on any atom is -0.387 e. The summed E-state index contributed by atoms with van der Waals surface area (Å²) in [6, 6.07) is 8.29. The van der Waals surface area contributed by atoms with Crippen molar-refractivity contribution in [3.8, 4) is 0 Å². The number of rotatable bonds is 3. The summed E-state index contributed by atoms with van der Waals surface area (Å²) in [4.78, 5) is 2.38. The molecule has 1 aliphatic rings. The highest BCUT2D eigenvalue weighted by Gasteiger charge is 2.19. The van der Waals surface area contributed by atoms with Crippen LogP contribution in [0.5, 0.6) is 0 Å². The number of hydrogen-bond donors (Lipinski definition) is 1. The topological polar surface area (TPSA) is 28.4 Å². The molecule has 1 fully saturated rings. The molecule has 0 spiro atoms. The number of β-amino-alcohol motifs (C(OH)–C–C–N with tert-alkyl or cyclic N) is 1. The van der Waals surface area contributed by atoms with Gasteiger partial charge in [-0.2, -0.15) is 0 Å². The first-order valence-corrected chi connectivity index (χ1v) is 7.20. The number of para-hydroxylation sites is 1. The minimum atomic E-state index is -0.385. The van der Waals surface area contributed by atoms with Gasteiger partial charge in [-0.05, 0) is 32.0 Å². The van der Waals surface area contributed by atoms with E-state index in [2.05, 4.69) is 27.8 Å². The monoisotopic (exact) mass is 258 g/mol.